The lowest BCUT2D eigenvalue weighted by Gasteiger charge is -2.09. The number of aromatic nitrogens is 2. The fraction of sp³-hybridized carbons (Fsp3) is 0.118. The first kappa shape index (κ1) is 13.5. The SMILES string of the molecule is O=c1c[n+](-c2ccc(C3=NNC(c4ccccc4)C3)cc2)[nH]o1. The molecule has 0 aliphatic carbocycles. The Morgan fingerprint density at radius 1 is 1.09 bits per heavy atom. The second-order valence-corrected chi connectivity index (χ2v) is 5.41. The molecule has 0 amide bonds. The molecule has 23 heavy (non-hydrogen) atoms. The minimum absolute atomic E-state index is 0.213. The van der Waals surface area contributed by atoms with E-state index in [1.165, 1.54) is 16.4 Å². The van der Waals surface area contributed by atoms with Gasteiger partial charge in [-0.25, -0.2) is 4.79 Å². The van der Waals surface area contributed by atoms with E-state index in [0.717, 1.165) is 23.4 Å². The van der Waals surface area contributed by atoms with Crippen LogP contribution in [-0.4, -0.2) is 11.0 Å². The molecule has 0 bridgehead atoms. The number of H-pyrrole nitrogens is 1. The van der Waals surface area contributed by atoms with E-state index in [1.807, 2.05) is 42.5 Å². The maximum atomic E-state index is 11.1. The summed E-state index contributed by atoms with van der Waals surface area (Å²) in [6, 6.07) is 18.3. The van der Waals surface area contributed by atoms with Crippen LogP contribution in [0, 0.1) is 0 Å². The molecule has 0 fully saturated rings. The molecule has 6 nitrogen and oxygen atoms in total. The summed E-state index contributed by atoms with van der Waals surface area (Å²) in [5, 5.41) is 6.98. The van der Waals surface area contributed by atoms with Gasteiger partial charge in [-0.15, -0.1) is 0 Å². The molecule has 114 valence electrons. The van der Waals surface area contributed by atoms with Crippen molar-refractivity contribution in [2.45, 2.75) is 12.5 Å². The largest absolute Gasteiger partial charge is 0.427 e. The lowest BCUT2D eigenvalue weighted by molar-refractivity contribution is -0.670. The first-order valence-electron chi connectivity index (χ1n) is 7.37. The van der Waals surface area contributed by atoms with Gasteiger partial charge in [0.1, 0.15) is 0 Å². The third-order valence-electron chi connectivity index (χ3n) is 3.91. The number of nitrogens with zero attached hydrogens (tertiary/aromatic N) is 2. The van der Waals surface area contributed by atoms with Crippen molar-refractivity contribution in [3.8, 4) is 5.69 Å². The Morgan fingerprint density at radius 2 is 1.87 bits per heavy atom. The summed E-state index contributed by atoms with van der Waals surface area (Å²) in [6.07, 6.45) is 2.20. The van der Waals surface area contributed by atoms with Crippen LogP contribution in [0.1, 0.15) is 23.6 Å². The van der Waals surface area contributed by atoms with Gasteiger partial charge in [-0.3, -0.25) is 4.52 Å². The van der Waals surface area contributed by atoms with Crippen LogP contribution in [0.15, 0.2) is 75.2 Å². The first-order valence-corrected chi connectivity index (χ1v) is 7.37. The predicted molar refractivity (Wildman–Crippen MR) is 84.3 cm³/mol. The molecule has 0 spiro atoms. The highest BCUT2D eigenvalue weighted by molar-refractivity contribution is 6.01. The number of nitrogens with one attached hydrogen (secondary N) is 2. The van der Waals surface area contributed by atoms with Crippen LogP contribution in [0.4, 0.5) is 0 Å². The molecule has 1 aliphatic heterocycles. The van der Waals surface area contributed by atoms with Crippen LogP contribution in [0.5, 0.6) is 0 Å². The van der Waals surface area contributed by atoms with E-state index >= 15 is 0 Å². The van der Waals surface area contributed by atoms with Crippen LogP contribution >= 0.6 is 0 Å². The molecule has 2 aromatic carbocycles. The fourth-order valence-electron chi connectivity index (χ4n) is 2.69. The second-order valence-electron chi connectivity index (χ2n) is 5.41. The van der Waals surface area contributed by atoms with E-state index in [0.29, 0.717) is 0 Å². The molecular weight excluding hydrogens is 292 g/mol. The number of aromatic amines is 1. The Balaban J connectivity index is 1.52. The molecule has 3 aromatic rings. The summed E-state index contributed by atoms with van der Waals surface area (Å²) in [5.41, 5.74) is 6.92. The van der Waals surface area contributed by atoms with E-state index in [1.54, 1.807) is 0 Å². The van der Waals surface area contributed by atoms with Gasteiger partial charge in [0.2, 0.25) is 5.69 Å². The minimum Gasteiger partial charge on any atom is -0.302 e. The van der Waals surface area contributed by atoms with Crippen molar-refractivity contribution >= 4 is 5.71 Å². The molecule has 2 N–H and O–H groups in total. The third kappa shape index (κ3) is 2.66. The van der Waals surface area contributed by atoms with Gasteiger partial charge in [0.05, 0.1) is 11.8 Å². The summed E-state index contributed by atoms with van der Waals surface area (Å²) in [4.78, 5) is 11.1. The summed E-state index contributed by atoms with van der Waals surface area (Å²) in [5.74, 6) is 0. The summed E-state index contributed by atoms with van der Waals surface area (Å²) in [6.45, 7) is 0. The third-order valence-corrected chi connectivity index (χ3v) is 3.91. The van der Waals surface area contributed by atoms with Crippen molar-refractivity contribution < 1.29 is 9.20 Å². The molecule has 1 aliphatic rings. The number of hydrogen-bond donors (Lipinski definition) is 2. The van der Waals surface area contributed by atoms with Crippen molar-refractivity contribution in [1.82, 2.24) is 10.7 Å². The Labute approximate surface area is 132 Å². The van der Waals surface area contributed by atoms with Crippen molar-refractivity contribution in [3.63, 3.8) is 0 Å². The Hall–Kier alpha value is -3.15. The zero-order valence-electron chi connectivity index (χ0n) is 12.3. The summed E-state index contributed by atoms with van der Waals surface area (Å²) in [7, 11) is 0. The fourth-order valence-corrected chi connectivity index (χ4v) is 2.69. The molecule has 1 atom stereocenters. The minimum atomic E-state index is -0.413. The van der Waals surface area contributed by atoms with E-state index < -0.39 is 5.63 Å². The highest BCUT2D eigenvalue weighted by Crippen LogP contribution is 2.24. The van der Waals surface area contributed by atoms with Gasteiger partial charge in [0.15, 0.2) is 0 Å². The zero-order chi connectivity index (χ0) is 15.6. The molecule has 1 aromatic heterocycles. The number of rotatable bonds is 3. The zero-order valence-corrected chi connectivity index (χ0v) is 12.3. The number of hydrogen-bond acceptors (Lipinski definition) is 4. The summed E-state index contributed by atoms with van der Waals surface area (Å²) < 4.78 is 6.20. The highest BCUT2D eigenvalue weighted by Gasteiger charge is 2.21. The molecule has 2 heterocycles. The van der Waals surface area contributed by atoms with Gasteiger partial charge in [0.25, 0.3) is 6.20 Å². The normalized spacial score (nSPS) is 16.9. The maximum Gasteiger partial charge on any atom is 0.427 e. The second kappa shape index (κ2) is 5.57. The standard InChI is InChI=1S/C17H14N4O2/c22-17-11-21(20-23-17)14-8-6-13(7-9-14)16-10-15(18-19-16)12-4-2-1-3-5-12/h1-9,11,15H,10H2,(H-,18,20,22)/p+1. The van der Waals surface area contributed by atoms with Gasteiger partial charge < -0.3 is 5.43 Å². The van der Waals surface area contributed by atoms with Gasteiger partial charge in [0, 0.05) is 18.6 Å². The Bertz CT molecular complexity index is 894. The van der Waals surface area contributed by atoms with Crippen LogP contribution in [0.3, 0.4) is 0 Å². The van der Waals surface area contributed by atoms with Gasteiger partial charge in [-0.1, -0.05) is 30.3 Å². The average Bonchev–Trinajstić information content (AvgIpc) is 3.25. The number of hydrazone groups is 1. The van der Waals surface area contributed by atoms with Crippen LogP contribution < -0.4 is 15.7 Å². The first-order chi connectivity index (χ1) is 11.3. The Morgan fingerprint density at radius 3 is 2.57 bits per heavy atom. The van der Waals surface area contributed by atoms with Crippen molar-refractivity contribution in [3.05, 3.63) is 82.3 Å². The van der Waals surface area contributed by atoms with Crippen LogP contribution in [0.25, 0.3) is 5.69 Å². The lowest BCUT2D eigenvalue weighted by atomic mass is 9.99. The highest BCUT2D eigenvalue weighted by atomic mass is 16.5. The smallest absolute Gasteiger partial charge is 0.302 e. The predicted octanol–water partition coefficient (Wildman–Crippen LogP) is 1.68. The molecule has 6 heteroatoms. The Kier molecular flexibility index (Phi) is 3.27. The lowest BCUT2D eigenvalue weighted by Crippen LogP contribution is -2.32. The van der Waals surface area contributed by atoms with Crippen molar-refractivity contribution in [2.24, 2.45) is 5.10 Å². The molecular formula is C17H15N4O2+. The number of benzene rings is 2. The van der Waals surface area contributed by atoms with Gasteiger partial charge in [-0.05, 0) is 33.2 Å². The van der Waals surface area contributed by atoms with Gasteiger partial charge in [-0.2, -0.15) is 5.10 Å². The molecule has 4 rings (SSSR count). The molecule has 0 saturated heterocycles. The van der Waals surface area contributed by atoms with Crippen molar-refractivity contribution in [1.29, 1.82) is 0 Å². The van der Waals surface area contributed by atoms with E-state index in [9.17, 15) is 4.79 Å². The van der Waals surface area contributed by atoms with Crippen LogP contribution in [0.2, 0.25) is 0 Å². The average molecular weight is 307 g/mol. The van der Waals surface area contributed by atoms with Crippen molar-refractivity contribution in [2.75, 3.05) is 0 Å². The van der Waals surface area contributed by atoms with Gasteiger partial charge >= 0.3 is 5.63 Å². The maximum absolute atomic E-state index is 11.1. The van der Waals surface area contributed by atoms with E-state index in [4.69, 9.17) is 0 Å². The molecule has 0 radical (unpaired) electrons. The topological polar surface area (TPSA) is 74.3 Å². The van der Waals surface area contributed by atoms with E-state index in [-0.39, 0.29) is 6.04 Å². The molecule has 1 unspecified atom stereocenters. The van der Waals surface area contributed by atoms with Crippen LogP contribution in [-0.2, 0) is 0 Å². The summed E-state index contributed by atoms with van der Waals surface area (Å²) >= 11 is 0. The van der Waals surface area contributed by atoms with E-state index in [2.05, 4.69) is 32.5 Å². The quantitative estimate of drug-likeness (QED) is 0.723. The molecule has 0 saturated carbocycles. The monoisotopic (exact) mass is 307 g/mol.